The lowest BCUT2D eigenvalue weighted by Gasteiger charge is -2.39. The Hall–Kier alpha value is -0.220. The van der Waals surface area contributed by atoms with Crippen LogP contribution in [0.25, 0.3) is 0 Å². The number of nitrogens with zero attached hydrogens (tertiary/aromatic N) is 1. The molecule has 0 bridgehead atoms. The Bertz CT molecular complexity index is 271. The molecule has 0 aromatic rings. The smallest absolute Gasteiger partial charge is 0.239 e. The van der Waals surface area contributed by atoms with E-state index in [1.807, 2.05) is 18.2 Å². The van der Waals surface area contributed by atoms with E-state index in [-0.39, 0.29) is 11.9 Å². The van der Waals surface area contributed by atoms with Gasteiger partial charge in [0.1, 0.15) is 0 Å². The van der Waals surface area contributed by atoms with Gasteiger partial charge in [0.15, 0.2) is 0 Å². The van der Waals surface area contributed by atoms with Crippen molar-refractivity contribution >= 4 is 17.7 Å². The number of hydrogen-bond acceptors (Lipinski definition) is 3. The van der Waals surface area contributed by atoms with Gasteiger partial charge in [-0.1, -0.05) is 13.8 Å². The van der Waals surface area contributed by atoms with Crippen LogP contribution in [0.15, 0.2) is 0 Å². The van der Waals surface area contributed by atoms with Crippen LogP contribution in [0.1, 0.15) is 46.0 Å². The molecular formula is C14H28N2OS. The normalized spacial score (nSPS) is 21.6. The van der Waals surface area contributed by atoms with Crippen molar-refractivity contribution in [2.45, 2.75) is 58.0 Å². The average Bonchev–Trinajstić information content (AvgIpc) is 2.34. The van der Waals surface area contributed by atoms with E-state index in [9.17, 15) is 4.79 Å². The van der Waals surface area contributed by atoms with Crippen LogP contribution < -0.4 is 5.73 Å². The molecule has 1 atom stereocenters. The van der Waals surface area contributed by atoms with Crippen LogP contribution in [0.2, 0.25) is 0 Å². The summed E-state index contributed by atoms with van der Waals surface area (Å²) in [6, 6.07) is 0.0724. The lowest BCUT2D eigenvalue weighted by atomic mass is 9.75. The van der Waals surface area contributed by atoms with Gasteiger partial charge < -0.3 is 10.6 Å². The van der Waals surface area contributed by atoms with Gasteiger partial charge in [-0.25, -0.2) is 0 Å². The van der Waals surface area contributed by atoms with Gasteiger partial charge in [-0.15, -0.1) is 0 Å². The van der Waals surface area contributed by atoms with Crippen molar-refractivity contribution in [2.24, 2.45) is 11.1 Å². The molecule has 0 saturated heterocycles. The molecule has 2 N–H and O–H groups in total. The minimum absolute atomic E-state index is 0.119. The predicted molar refractivity (Wildman–Crippen MR) is 79.8 cm³/mol. The van der Waals surface area contributed by atoms with Crippen molar-refractivity contribution in [1.29, 1.82) is 0 Å². The van der Waals surface area contributed by atoms with Crippen molar-refractivity contribution in [3.05, 3.63) is 0 Å². The summed E-state index contributed by atoms with van der Waals surface area (Å²) in [5.41, 5.74) is 6.41. The number of rotatable bonds is 5. The third kappa shape index (κ3) is 4.47. The van der Waals surface area contributed by atoms with Crippen molar-refractivity contribution in [2.75, 3.05) is 19.1 Å². The molecule has 0 aliphatic heterocycles. The summed E-state index contributed by atoms with van der Waals surface area (Å²) in [6.07, 6.45) is 7.46. The van der Waals surface area contributed by atoms with Crippen LogP contribution in [-0.4, -0.2) is 41.9 Å². The lowest BCUT2D eigenvalue weighted by molar-refractivity contribution is -0.134. The van der Waals surface area contributed by atoms with Crippen molar-refractivity contribution in [3.63, 3.8) is 0 Å². The highest BCUT2D eigenvalue weighted by atomic mass is 32.2. The first-order chi connectivity index (χ1) is 8.37. The quantitative estimate of drug-likeness (QED) is 0.836. The monoisotopic (exact) mass is 272 g/mol. The van der Waals surface area contributed by atoms with Crippen molar-refractivity contribution in [1.82, 2.24) is 4.90 Å². The molecule has 1 saturated carbocycles. The molecule has 0 aromatic carbocycles. The predicted octanol–water partition coefficient (Wildman–Crippen LogP) is 2.49. The van der Waals surface area contributed by atoms with Crippen LogP contribution >= 0.6 is 11.8 Å². The highest BCUT2D eigenvalue weighted by Crippen LogP contribution is 2.36. The van der Waals surface area contributed by atoms with Gasteiger partial charge in [0.2, 0.25) is 5.91 Å². The molecule has 0 unspecified atom stereocenters. The highest BCUT2D eigenvalue weighted by Gasteiger charge is 2.31. The SMILES string of the molecule is CSCC[C@H](N)C(=O)N(C)C1CCC(C)(C)CC1. The molecule has 106 valence electrons. The number of carbonyl (C=O) groups is 1. The number of nitrogens with two attached hydrogens (primary N) is 1. The Morgan fingerprint density at radius 3 is 2.50 bits per heavy atom. The number of hydrogen-bond donors (Lipinski definition) is 1. The van der Waals surface area contributed by atoms with Gasteiger partial charge in [-0.3, -0.25) is 4.79 Å². The fourth-order valence-electron chi connectivity index (χ4n) is 2.58. The summed E-state index contributed by atoms with van der Waals surface area (Å²) >= 11 is 1.74. The first-order valence-electron chi connectivity index (χ1n) is 6.88. The molecule has 1 aliphatic rings. The third-order valence-electron chi connectivity index (χ3n) is 4.15. The largest absolute Gasteiger partial charge is 0.341 e. The van der Waals surface area contributed by atoms with Gasteiger partial charge in [0.25, 0.3) is 0 Å². The molecule has 1 amide bonds. The summed E-state index contributed by atoms with van der Waals surface area (Å²) < 4.78 is 0. The summed E-state index contributed by atoms with van der Waals surface area (Å²) in [7, 11) is 1.92. The maximum absolute atomic E-state index is 12.2. The van der Waals surface area contributed by atoms with E-state index < -0.39 is 0 Å². The number of likely N-dealkylation sites (N-methyl/N-ethyl adjacent to an activating group) is 1. The molecule has 1 fully saturated rings. The van der Waals surface area contributed by atoms with E-state index in [1.54, 1.807) is 11.8 Å². The maximum Gasteiger partial charge on any atom is 0.239 e. The first kappa shape index (κ1) is 15.8. The zero-order valence-corrected chi connectivity index (χ0v) is 13.1. The summed E-state index contributed by atoms with van der Waals surface area (Å²) in [5, 5.41) is 0. The van der Waals surface area contributed by atoms with Crippen molar-refractivity contribution in [3.8, 4) is 0 Å². The van der Waals surface area contributed by atoms with Crippen molar-refractivity contribution < 1.29 is 4.79 Å². The van der Waals surface area contributed by atoms with Gasteiger partial charge in [-0.05, 0) is 49.5 Å². The van der Waals surface area contributed by atoms with Crippen LogP contribution in [0.5, 0.6) is 0 Å². The molecular weight excluding hydrogens is 244 g/mol. The topological polar surface area (TPSA) is 46.3 Å². The zero-order chi connectivity index (χ0) is 13.8. The zero-order valence-electron chi connectivity index (χ0n) is 12.2. The molecule has 0 radical (unpaired) electrons. The number of carbonyl (C=O) groups excluding carboxylic acids is 1. The van der Waals surface area contributed by atoms with Gasteiger partial charge in [-0.2, -0.15) is 11.8 Å². The molecule has 18 heavy (non-hydrogen) atoms. The number of thioether (sulfide) groups is 1. The second-order valence-electron chi connectivity index (χ2n) is 6.23. The number of amides is 1. The van der Waals surface area contributed by atoms with Crippen LogP contribution in [0, 0.1) is 5.41 Å². The van der Waals surface area contributed by atoms with E-state index in [1.165, 1.54) is 12.8 Å². The Morgan fingerprint density at radius 2 is 2.00 bits per heavy atom. The molecule has 1 rings (SSSR count). The third-order valence-corrected chi connectivity index (χ3v) is 4.80. The molecule has 0 heterocycles. The highest BCUT2D eigenvalue weighted by molar-refractivity contribution is 7.98. The molecule has 1 aliphatic carbocycles. The average molecular weight is 272 g/mol. The standard InChI is InChI=1S/C14H28N2OS/c1-14(2)8-5-11(6-9-14)16(3)13(17)12(15)7-10-18-4/h11-12H,5-10,15H2,1-4H3/t12-/m0/s1. The lowest BCUT2D eigenvalue weighted by Crippen LogP contribution is -2.48. The summed E-state index contributed by atoms with van der Waals surface area (Å²) in [5.74, 6) is 1.08. The molecule has 0 aromatic heterocycles. The Kier molecular flexibility index (Phi) is 5.99. The fraction of sp³-hybridized carbons (Fsp3) is 0.929. The van der Waals surface area contributed by atoms with Crippen LogP contribution in [0.4, 0.5) is 0 Å². The van der Waals surface area contributed by atoms with Crippen LogP contribution in [-0.2, 0) is 4.79 Å². The first-order valence-corrected chi connectivity index (χ1v) is 8.28. The summed E-state index contributed by atoms with van der Waals surface area (Å²) in [6.45, 7) is 4.63. The second-order valence-corrected chi connectivity index (χ2v) is 7.22. The van der Waals surface area contributed by atoms with Gasteiger partial charge in [0.05, 0.1) is 6.04 Å². The second kappa shape index (κ2) is 6.80. The van der Waals surface area contributed by atoms with Gasteiger partial charge in [0, 0.05) is 13.1 Å². The Labute approximate surface area is 116 Å². The van der Waals surface area contributed by atoms with Gasteiger partial charge >= 0.3 is 0 Å². The van der Waals surface area contributed by atoms with E-state index in [2.05, 4.69) is 13.8 Å². The van der Waals surface area contributed by atoms with E-state index in [0.29, 0.717) is 11.5 Å². The van der Waals surface area contributed by atoms with E-state index >= 15 is 0 Å². The Morgan fingerprint density at radius 1 is 1.44 bits per heavy atom. The minimum atomic E-state index is -0.322. The Balaban J connectivity index is 2.44. The van der Waals surface area contributed by atoms with Crippen LogP contribution in [0.3, 0.4) is 0 Å². The minimum Gasteiger partial charge on any atom is -0.341 e. The maximum atomic E-state index is 12.2. The summed E-state index contributed by atoms with van der Waals surface area (Å²) in [4.78, 5) is 14.1. The molecule has 3 nitrogen and oxygen atoms in total. The van der Waals surface area contributed by atoms with E-state index in [0.717, 1.165) is 25.0 Å². The van der Waals surface area contributed by atoms with E-state index in [4.69, 9.17) is 5.73 Å². The fourth-order valence-corrected chi connectivity index (χ4v) is 3.07. The molecule has 4 heteroatoms. The molecule has 0 spiro atoms.